The van der Waals surface area contributed by atoms with Crippen LogP contribution in [-0.2, 0) is 16.6 Å². The first kappa shape index (κ1) is 22.7. The van der Waals surface area contributed by atoms with Gasteiger partial charge in [-0.2, -0.15) is 5.10 Å². The minimum atomic E-state index is -3.82. The van der Waals surface area contributed by atoms with E-state index in [0.29, 0.717) is 41.8 Å². The van der Waals surface area contributed by atoms with Gasteiger partial charge in [-0.25, -0.2) is 13.1 Å². The number of aryl methyl sites for hydroxylation is 1. The number of sulfonamides is 1. The Hall–Kier alpha value is -3.53. The van der Waals surface area contributed by atoms with Gasteiger partial charge in [-0.15, -0.1) is 0 Å². The fourth-order valence-corrected chi connectivity index (χ4v) is 4.76. The van der Waals surface area contributed by atoms with Crippen molar-refractivity contribution in [2.24, 2.45) is 4.99 Å². The third-order valence-electron chi connectivity index (χ3n) is 5.34. The maximum Gasteiger partial charge on any atom is 0.276 e. The number of benzene rings is 2. The lowest BCUT2D eigenvalue weighted by Crippen LogP contribution is -2.29. The number of carbonyl (C=O) groups is 1. The van der Waals surface area contributed by atoms with Crippen LogP contribution in [0.1, 0.15) is 43.1 Å². The molecule has 0 bridgehead atoms. The molecule has 33 heavy (non-hydrogen) atoms. The van der Waals surface area contributed by atoms with E-state index in [1.54, 1.807) is 36.4 Å². The van der Waals surface area contributed by atoms with Crippen LogP contribution >= 0.6 is 0 Å². The fourth-order valence-electron chi connectivity index (χ4n) is 3.63. The summed E-state index contributed by atoms with van der Waals surface area (Å²) in [5.41, 5.74) is 0.158. The van der Waals surface area contributed by atoms with Crippen LogP contribution in [-0.4, -0.2) is 36.5 Å². The predicted molar refractivity (Wildman–Crippen MR) is 127 cm³/mol. The van der Waals surface area contributed by atoms with Crippen molar-refractivity contribution in [3.8, 4) is 0 Å². The molecule has 2 heterocycles. The average molecular weight is 468 g/mol. The molecule has 9 nitrogen and oxygen atoms in total. The molecule has 0 saturated carbocycles. The highest BCUT2D eigenvalue weighted by molar-refractivity contribution is 7.90. The third-order valence-corrected chi connectivity index (χ3v) is 6.71. The Labute approximate surface area is 191 Å². The van der Waals surface area contributed by atoms with E-state index >= 15 is 0 Å². The number of aromatic nitrogens is 2. The van der Waals surface area contributed by atoms with Crippen molar-refractivity contribution < 1.29 is 13.2 Å². The number of rotatable bonds is 7. The SMILES string of the molecule is CCCCn1nc(C(=O)Nc2cccc(S(=O)(=O)NC3=NCCC3)c2)c2ccccc2c1=O. The molecule has 0 spiro atoms. The Morgan fingerprint density at radius 2 is 1.91 bits per heavy atom. The van der Waals surface area contributed by atoms with Crippen molar-refractivity contribution in [3.63, 3.8) is 0 Å². The number of hydrogen-bond acceptors (Lipinski definition) is 6. The molecular formula is C23H25N5O4S. The normalized spacial score (nSPS) is 13.7. The third kappa shape index (κ3) is 4.95. The maximum atomic E-state index is 13.1. The second kappa shape index (κ2) is 9.53. The zero-order valence-electron chi connectivity index (χ0n) is 18.2. The van der Waals surface area contributed by atoms with Gasteiger partial charge in [0.2, 0.25) is 0 Å². The van der Waals surface area contributed by atoms with Gasteiger partial charge in [0.15, 0.2) is 5.69 Å². The van der Waals surface area contributed by atoms with Crippen LogP contribution in [0.2, 0.25) is 0 Å². The van der Waals surface area contributed by atoms with Crippen molar-refractivity contribution in [1.82, 2.24) is 14.5 Å². The number of fused-ring (bicyclic) bond motifs is 1. The summed E-state index contributed by atoms with van der Waals surface area (Å²) in [4.78, 5) is 30.0. The highest BCUT2D eigenvalue weighted by Crippen LogP contribution is 2.19. The Morgan fingerprint density at radius 3 is 2.64 bits per heavy atom. The Balaban J connectivity index is 1.64. The lowest BCUT2D eigenvalue weighted by Gasteiger charge is -2.12. The van der Waals surface area contributed by atoms with Crippen LogP contribution in [0.3, 0.4) is 0 Å². The highest BCUT2D eigenvalue weighted by atomic mass is 32.2. The fraction of sp³-hybridized carbons (Fsp3) is 0.304. The topological polar surface area (TPSA) is 123 Å². The molecule has 0 saturated heterocycles. The summed E-state index contributed by atoms with van der Waals surface area (Å²) in [6.07, 6.45) is 3.03. The molecule has 1 aliphatic rings. The van der Waals surface area contributed by atoms with Gasteiger partial charge in [0, 0.05) is 30.6 Å². The van der Waals surface area contributed by atoms with Gasteiger partial charge >= 0.3 is 0 Å². The molecule has 0 fully saturated rings. The first-order valence-corrected chi connectivity index (χ1v) is 12.3. The van der Waals surface area contributed by atoms with Gasteiger partial charge in [-0.1, -0.05) is 37.6 Å². The summed E-state index contributed by atoms with van der Waals surface area (Å²) in [5.74, 6) is -0.0893. The van der Waals surface area contributed by atoms with Crippen molar-refractivity contribution in [3.05, 3.63) is 64.6 Å². The Morgan fingerprint density at radius 1 is 1.12 bits per heavy atom. The van der Waals surface area contributed by atoms with E-state index in [1.165, 1.54) is 16.8 Å². The number of unbranched alkanes of at least 4 members (excludes halogenated alkanes) is 1. The monoisotopic (exact) mass is 467 g/mol. The van der Waals surface area contributed by atoms with E-state index in [9.17, 15) is 18.0 Å². The van der Waals surface area contributed by atoms with E-state index in [-0.39, 0.29) is 16.1 Å². The van der Waals surface area contributed by atoms with E-state index in [4.69, 9.17) is 0 Å². The lowest BCUT2D eigenvalue weighted by atomic mass is 10.1. The molecule has 10 heteroatoms. The van der Waals surface area contributed by atoms with Crippen LogP contribution in [0, 0.1) is 0 Å². The average Bonchev–Trinajstić information content (AvgIpc) is 3.31. The number of hydrogen-bond donors (Lipinski definition) is 2. The summed E-state index contributed by atoms with van der Waals surface area (Å²) < 4.78 is 29.2. The van der Waals surface area contributed by atoms with Crippen molar-refractivity contribution in [2.45, 2.75) is 44.0 Å². The molecule has 0 unspecified atom stereocenters. The van der Waals surface area contributed by atoms with Crippen molar-refractivity contribution >= 4 is 38.2 Å². The molecule has 1 aromatic heterocycles. The molecular weight excluding hydrogens is 442 g/mol. The molecule has 1 aliphatic heterocycles. The summed E-state index contributed by atoms with van der Waals surface area (Å²) in [6.45, 7) is 3.02. The second-order valence-corrected chi connectivity index (χ2v) is 9.48. The van der Waals surface area contributed by atoms with Gasteiger partial charge in [0.05, 0.1) is 10.3 Å². The van der Waals surface area contributed by atoms with E-state index in [2.05, 4.69) is 20.1 Å². The summed E-state index contributed by atoms with van der Waals surface area (Å²) in [7, 11) is -3.82. The van der Waals surface area contributed by atoms with Gasteiger partial charge in [0.25, 0.3) is 21.5 Å². The quantitative estimate of drug-likeness (QED) is 0.553. The van der Waals surface area contributed by atoms with Crippen LogP contribution in [0.5, 0.6) is 0 Å². The molecule has 2 aromatic carbocycles. The smallest absolute Gasteiger partial charge is 0.276 e. The van der Waals surface area contributed by atoms with Crippen LogP contribution in [0.25, 0.3) is 10.8 Å². The number of nitrogens with zero attached hydrogens (tertiary/aromatic N) is 3. The van der Waals surface area contributed by atoms with E-state index < -0.39 is 15.9 Å². The first-order chi connectivity index (χ1) is 15.9. The summed E-state index contributed by atoms with van der Waals surface area (Å²) in [6, 6.07) is 12.8. The van der Waals surface area contributed by atoms with Crippen molar-refractivity contribution in [1.29, 1.82) is 0 Å². The second-order valence-electron chi connectivity index (χ2n) is 7.80. The molecule has 0 atom stereocenters. The molecule has 1 amide bonds. The Kier molecular flexibility index (Phi) is 6.55. The van der Waals surface area contributed by atoms with Gasteiger partial charge < -0.3 is 5.32 Å². The summed E-state index contributed by atoms with van der Waals surface area (Å²) in [5, 5.41) is 7.89. The number of anilines is 1. The van der Waals surface area contributed by atoms with E-state index in [1.807, 2.05) is 6.92 Å². The number of aliphatic imine (C=N–C) groups is 1. The minimum Gasteiger partial charge on any atom is -0.321 e. The van der Waals surface area contributed by atoms with Crippen LogP contribution in [0.4, 0.5) is 5.69 Å². The first-order valence-electron chi connectivity index (χ1n) is 10.9. The molecule has 172 valence electrons. The number of amidine groups is 1. The number of carbonyl (C=O) groups excluding carboxylic acids is 1. The molecule has 4 rings (SSSR count). The molecule has 0 aliphatic carbocycles. The molecule has 3 aromatic rings. The molecule has 2 N–H and O–H groups in total. The van der Waals surface area contributed by atoms with Gasteiger partial charge in [-0.3, -0.25) is 19.3 Å². The van der Waals surface area contributed by atoms with Crippen LogP contribution < -0.4 is 15.6 Å². The number of amides is 1. The standard InChI is InChI=1S/C23H25N5O4S/c1-2-3-14-28-23(30)19-11-5-4-10-18(19)21(26-28)22(29)25-16-8-6-9-17(15-16)33(31,32)27-20-12-7-13-24-20/h4-6,8-11,15H,2-3,7,12-14H2,1H3,(H,24,27)(H,25,29). The highest BCUT2D eigenvalue weighted by Gasteiger charge is 2.20. The molecule has 0 radical (unpaired) electrons. The van der Waals surface area contributed by atoms with Gasteiger partial charge in [0.1, 0.15) is 5.84 Å². The maximum absolute atomic E-state index is 13.1. The predicted octanol–water partition coefficient (Wildman–Crippen LogP) is 2.92. The zero-order chi connectivity index (χ0) is 23.4. The lowest BCUT2D eigenvalue weighted by molar-refractivity contribution is 0.102. The largest absolute Gasteiger partial charge is 0.321 e. The minimum absolute atomic E-state index is 0.0145. The van der Waals surface area contributed by atoms with E-state index in [0.717, 1.165) is 19.3 Å². The van der Waals surface area contributed by atoms with Crippen LogP contribution in [0.15, 0.2) is 63.2 Å². The number of nitrogens with one attached hydrogen (secondary N) is 2. The van der Waals surface area contributed by atoms with Crippen molar-refractivity contribution in [2.75, 3.05) is 11.9 Å². The zero-order valence-corrected chi connectivity index (χ0v) is 19.1. The Bertz CT molecular complexity index is 1400. The summed E-state index contributed by atoms with van der Waals surface area (Å²) >= 11 is 0. The van der Waals surface area contributed by atoms with Gasteiger partial charge in [-0.05, 0) is 37.1 Å².